The van der Waals surface area contributed by atoms with Gasteiger partial charge in [0.25, 0.3) is 5.91 Å². The van der Waals surface area contributed by atoms with E-state index in [0.717, 1.165) is 32.5 Å². The molecule has 0 aliphatic carbocycles. The number of hydrogen-bond donors (Lipinski definition) is 1. The van der Waals surface area contributed by atoms with E-state index in [-0.39, 0.29) is 96.8 Å². The molecule has 0 spiro atoms. The van der Waals surface area contributed by atoms with Crippen molar-refractivity contribution in [1.82, 2.24) is 15.1 Å². The van der Waals surface area contributed by atoms with Gasteiger partial charge in [-0.15, -0.1) is 0 Å². The van der Waals surface area contributed by atoms with Crippen LogP contribution in [0.3, 0.4) is 0 Å². The van der Waals surface area contributed by atoms with Crippen LogP contribution in [0.1, 0.15) is 68.3 Å². The van der Waals surface area contributed by atoms with Crippen molar-refractivity contribution < 1.29 is 23.9 Å². The van der Waals surface area contributed by atoms with Crippen LogP contribution in [-0.2, 0) is 19.1 Å². The number of hydrogen-bond acceptors (Lipinski definition) is 6. The van der Waals surface area contributed by atoms with Crippen LogP contribution < -0.4 is 5.32 Å². The minimum Gasteiger partial charge on any atom is -0.377 e. The van der Waals surface area contributed by atoms with Crippen LogP contribution in [0, 0.1) is 5.92 Å². The Morgan fingerprint density at radius 3 is 2.25 bits per heavy atom. The lowest BCUT2D eigenvalue weighted by Gasteiger charge is -2.32. The first-order valence-corrected chi connectivity index (χ1v) is 13.4. The number of benzene rings is 1. The van der Waals surface area contributed by atoms with Crippen LogP contribution in [0.25, 0.3) is 0 Å². The summed E-state index contributed by atoms with van der Waals surface area (Å²) in [7, 11) is 1.56. The summed E-state index contributed by atoms with van der Waals surface area (Å²) in [6.07, 6.45) is 3.16. The zero-order chi connectivity index (χ0) is 25.8. The number of Topliss-reactive ketones (excluding diaryl/α,β-unsaturated/α-hetero) is 1. The Bertz CT molecular complexity index is 944. The molecule has 1 N–H and O–H groups in total. The number of amides is 2. The number of ketones is 1. The lowest BCUT2D eigenvalue weighted by atomic mass is 9.89. The van der Waals surface area contributed by atoms with Crippen LogP contribution in [0.2, 0.25) is 0 Å². The van der Waals surface area contributed by atoms with E-state index in [1.54, 1.807) is 12.0 Å². The number of methoxy groups -OCH3 is 1. The van der Waals surface area contributed by atoms with Crippen LogP contribution in [0.5, 0.6) is 0 Å². The van der Waals surface area contributed by atoms with E-state index >= 15 is 0 Å². The van der Waals surface area contributed by atoms with E-state index < -0.39 is 18.2 Å². The van der Waals surface area contributed by atoms with Crippen LogP contribution >= 0.6 is 54.0 Å². The predicted octanol–water partition coefficient (Wildman–Crippen LogP) is 3.07. The summed E-state index contributed by atoms with van der Waals surface area (Å²) in [6, 6.07) is 6.47. The maximum atomic E-state index is 13.6. The van der Waals surface area contributed by atoms with Gasteiger partial charge in [-0.3, -0.25) is 14.4 Å². The molecule has 0 saturated carbocycles. The quantitative estimate of drug-likeness (QED) is 0.449. The molecule has 0 aromatic heterocycles. The van der Waals surface area contributed by atoms with Crippen molar-refractivity contribution in [3.8, 4) is 0 Å². The lowest BCUT2D eigenvalue weighted by molar-refractivity contribution is -0.138. The Morgan fingerprint density at radius 2 is 1.70 bits per heavy atom. The number of ether oxygens (including phenoxy) is 2. The second kappa shape index (κ2) is 17.9. The van der Waals surface area contributed by atoms with Gasteiger partial charge in [0, 0.05) is 12.7 Å². The molecule has 0 bridgehead atoms. The highest BCUT2D eigenvalue weighted by atomic mass is 32.1. The molecule has 1 aromatic rings. The van der Waals surface area contributed by atoms with Crippen molar-refractivity contribution in [3.63, 3.8) is 0 Å². The zero-order valence-corrected chi connectivity index (χ0v) is 28.1. The molecular weight excluding hydrogens is 587 g/mol. The summed E-state index contributed by atoms with van der Waals surface area (Å²) in [5.41, 5.74) is 1.81. The minimum atomic E-state index is -0.718. The summed E-state index contributed by atoms with van der Waals surface area (Å²) in [4.78, 5) is 43.3. The fourth-order valence-electron chi connectivity index (χ4n) is 5.89. The minimum absolute atomic E-state index is 0. The topological polar surface area (TPSA) is 88.2 Å². The van der Waals surface area contributed by atoms with Crippen molar-refractivity contribution >= 4 is 71.6 Å². The number of nitrogens with zero attached hydrogens (tertiary/aromatic N) is 2. The van der Waals surface area contributed by atoms with Gasteiger partial charge in [0.15, 0.2) is 5.78 Å². The highest BCUT2D eigenvalue weighted by Crippen LogP contribution is 2.31. The van der Waals surface area contributed by atoms with Gasteiger partial charge in [-0.1, -0.05) is 32.9 Å². The Hall–Kier alpha value is -0.890. The van der Waals surface area contributed by atoms with Crippen molar-refractivity contribution in [2.45, 2.75) is 76.7 Å². The van der Waals surface area contributed by atoms with E-state index in [2.05, 4.69) is 29.3 Å². The van der Waals surface area contributed by atoms with Gasteiger partial charge in [-0.2, -0.15) is 54.0 Å². The third-order valence-corrected chi connectivity index (χ3v) is 7.81. The fourth-order valence-corrected chi connectivity index (χ4v) is 5.89. The Balaban J connectivity index is 0.00000380. The summed E-state index contributed by atoms with van der Waals surface area (Å²) >= 11 is 0. The summed E-state index contributed by atoms with van der Waals surface area (Å²) < 4.78 is 11.1. The second-order valence-electron chi connectivity index (χ2n) is 10.8. The molecule has 12 heteroatoms. The SMILES string of the molecule is CCCN1CCC(c2ccc(C(=O)N[C@@H](CC(C)C)C(=O)N3C[C@H](OC)[C@H]4OCC(=O)[C@H]43)cc2)CC1.S.S.S.S. The molecule has 3 fully saturated rings. The first-order chi connectivity index (χ1) is 17.3. The predicted molar refractivity (Wildman–Crippen MR) is 178 cm³/mol. The molecule has 0 unspecified atom stereocenters. The van der Waals surface area contributed by atoms with Crippen molar-refractivity contribution in [1.29, 1.82) is 0 Å². The molecule has 3 aliphatic heterocycles. The van der Waals surface area contributed by atoms with Gasteiger partial charge in [0.05, 0.1) is 6.54 Å². The summed E-state index contributed by atoms with van der Waals surface area (Å²) in [5.74, 6) is 0.0757. The summed E-state index contributed by atoms with van der Waals surface area (Å²) in [5, 5.41) is 2.96. The van der Waals surface area contributed by atoms with Crippen LogP contribution in [-0.4, -0.2) is 91.6 Å². The van der Waals surface area contributed by atoms with Gasteiger partial charge in [0.1, 0.15) is 30.9 Å². The van der Waals surface area contributed by atoms with E-state index in [1.165, 1.54) is 12.0 Å². The second-order valence-corrected chi connectivity index (χ2v) is 10.8. The number of likely N-dealkylation sites (tertiary alicyclic amines) is 2. The third-order valence-electron chi connectivity index (χ3n) is 7.81. The zero-order valence-electron chi connectivity index (χ0n) is 24.1. The van der Waals surface area contributed by atoms with E-state index in [9.17, 15) is 14.4 Å². The molecule has 40 heavy (non-hydrogen) atoms. The fraction of sp³-hybridized carbons (Fsp3) is 0.679. The number of fused-ring (bicyclic) bond motifs is 1. The van der Waals surface area contributed by atoms with Gasteiger partial charge in [-0.25, -0.2) is 0 Å². The summed E-state index contributed by atoms with van der Waals surface area (Å²) in [6.45, 7) is 9.93. The van der Waals surface area contributed by atoms with Gasteiger partial charge >= 0.3 is 0 Å². The first kappa shape index (κ1) is 39.1. The average molecular weight is 636 g/mol. The van der Waals surface area contributed by atoms with Crippen molar-refractivity contribution in [2.24, 2.45) is 5.92 Å². The number of carbonyl (C=O) groups excluding carboxylic acids is 3. The van der Waals surface area contributed by atoms with Gasteiger partial charge in [0.2, 0.25) is 5.91 Å². The maximum Gasteiger partial charge on any atom is 0.251 e. The van der Waals surface area contributed by atoms with Crippen molar-refractivity contribution in [3.05, 3.63) is 35.4 Å². The van der Waals surface area contributed by atoms with E-state index in [4.69, 9.17) is 9.47 Å². The monoisotopic (exact) mass is 635 g/mol. The number of rotatable bonds is 9. The number of carbonyl (C=O) groups is 3. The normalized spacial score (nSPS) is 23.3. The molecule has 2 amide bonds. The van der Waals surface area contributed by atoms with Crippen LogP contribution in [0.15, 0.2) is 24.3 Å². The Labute approximate surface area is 267 Å². The maximum absolute atomic E-state index is 13.6. The lowest BCUT2D eigenvalue weighted by Crippen LogP contribution is -2.52. The van der Waals surface area contributed by atoms with Crippen LogP contribution in [0.4, 0.5) is 0 Å². The molecule has 8 nitrogen and oxygen atoms in total. The standard InChI is InChI=1S/C28H41N3O5.4H2S/c1-5-12-30-13-10-20(11-14-30)19-6-8-21(9-7-19)27(33)29-22(15-18(2)3)28(34)31-16-24(35-4)26-25(31)23(32)17-36-26;;;;/h6-9,18,20,22,24-26H,5,10-17H2,1-4H3,(H,29,33);4*1H2/t22-,24-,25+,26+;;;;/m0..../s1. The molecule has 230 valence electrons. The van der Waals surface area contributed by atoms with Crippen molar-refractivity contribution in [2.75, 3.05) is 39.9 Å². The van der Waals surface area contributed by atoms with Gasteiger partial charge < -0.3 is 24.6 Å². The first-order valence-electron chi connectivity index (χ1n) is 13.4. The Kier molecular flexibility index (Phi) is 17.5. The highest BCUT2D eigenvalue weighted by molar-refractivity contribution is 7.59. The highest BCUT2D eigenvalue weighted by Gasteiger charge is 2.53. The molecule has 3 aliphatic rings. The molecular formula is C28H49N3O5S4. The van der Waals surface area contributed by atoms with E-state index in [0.29, 0.717) is 17.9 Å². The molecule has 3 heterocycles. The molecule has 1 aromatic carbocycles. The largest absolute Gasteiger partial charge is 0.377 e. The number of piperidine rings is 1. The smallest absolute Gasteiger partial charge is 0.251 e. The molecule has 3 saturated heterocycles. The third kappa shape index (κ3) is 9.05. The van der Waals surface area contributed by atoms with E-state index in [1.807, 2.05) is 26.0 Å². The molecule has 4 atom stereocenters. The average Bonchev–Trinajstić information content (AvgIpc) is 3.44. The molecule has 0 radical (unpaired) electrons. The molecule has 4 rings (SSSR count). The van der Waals surface area contributed by atoms with Gasteiger partial charge in [-0.05, 0) is 74.8 Å². The Morgan fingerprint density at radius 1 is 1.07 bits per heavy atom. The number of nitrogens with one attached hydrogen (secondary N) is 1.